The Kier molecular flexibility index (Phi) is 3.57. The van der Waals surface area contributed by atoms with Crippen molar-refractivity contribution in [3.05, 3.63) is 53.1 Å². The number of halogens is 4. The van der Waals surface area contributed by atoms with Crippen molar-refractivity contribution in [3.63, 3.8) is 0 Å². The van der Waals surface area contributed by atoms with E-state index in [4.69, 9.17) is 5.73 Å². The van der Waals surface area contributed by atoms with Crippen LogP contribution >= 0.6 is 0 Å². The first-order valence-corrected chi connectivity index (χ1v) is 5.47. The van der Waals surface area contributed by atoms with Gasteiger partial charge in [0.25, 0.3) is 0 Å². The Bertz CT molecular complexity index is 575. The fraction of sp³-hybridized carbons (Fsp3) is 0.250. The predicted molar refractivity (Wildman–Crippen MR) is 60.6 cm³/mol. The van der Waals surface area contributed by atoms with E-state index in [2.05, 4.69) is 5.10 Å². The minimum Gasteiger partial charge on any atom is -0.326 e. The van der Waals surface area contributed by atoms with Gasteiger partial charge in [0.15, 0.2) is 0 Å². The Hall–Kier alpha value is -1.89. The molecule has 0 aliphatic carbocycles. The van der Waals surface area contributed by atoms with Crippen LogP contribution in [0.15, 0.2) is 30.6 Å². The average Bonchev–Trinajstić information content (AvgIpc) is 2.79. The lowest BCUT2D eigenvalue weighted by molar-refractivity contribution is -0.137. The molecule has 0 atom stereocenters. The van der Waals surface area contributed by atoms with Crippen LogP contribution in [0.25, 0.3) is 0 Å². The van der Waals surface area contributed by atoms with Gasteiger partial charge in [-0.1, -0.05) is 6.07 Å². The second-order valence-electron chi connectivity index (χ2n) is 4.04. The fourth-order valence-corrected chi connectivity index (χ4v) is 1.71. The van der Waals surface area contributed by atoms with E-state index < -0.39 is 17.6 Å². The van der Waals surface area contributed by atoms with Gasteiger partial charge in [0.2, 0.25) is 0 Å². The predicted octanol–water partition coefficient (Wildman–Crippen LogP) is 2.55. The van der Waals surface area contributed by atoms with Crippen LogP contribution in [0, 0.1) is 5.82 Å². The second-order valence-corrected chi connectivity index (χ2v) is 4.04. The summed E-state index contributed by atoms with van der Waals surface area (Å²) in [7, 11) is 0. The van der Waals surface area contributed by atoms with E-state index in [0.29, 0.717) is 11.1 Å². The summed E-state index contributed by atoms with van der Waals surface area (Å²) in [5.74, 6) is -0.430. The molecule has 2 aromatic rings. The van der Waals surface area contributed by atoms with Crippen LogP contribution in [-0.4, -0.2) is 9.78 Å². The summed E-state index contributed by atoms with van der Waals surface area (Å²) in [4.78, 5) is 0. The molecule has 2 rings (SSSR count). The van der Waals surface area contributed by atoms with E-state index in [1.165, 1.54) is 18.2 Å². The van der Waals surface area contributed by atoms with Crippen LogP contribution in [-0.2, 0) is 19.3 Å². The summed E-state index contributed by atoms with van der Waals surface area (Å²) in [5, 5.41) is 3.64. The normalized spacial score (nSPS) is 11.8. The van der Waals surface area contributed by atoms with Crippen molar-refractivity contribution in [2.75, 3.05) is 0 Å². The Morgan fingerprint density at radius 2 is 1.95 bits per heavy atom. The Morgan fingerprint density at radius 3 is 2.53 bits per heavy atom. The Morgan fingerprint density at radius 1 is 1.21 bits per heavy atom. The maximum Gasteiger partial charge on any atom is 0.419 e. The summed E-state index contributed by atoms with van der Waals surface area (Å²) in [6.07, 6.45) is -2.76. The quantitative estimate of drug-likeness (QED) is 0.873. The van der Waals surface area contributed by atoms with Crippen molar-refractivity contribution in [2.24, 2.45) is 5.73 Å². The molecule has 0 saturated carbocycles. The molecule has 2 N–H and O–H groups in total. The topological polar surface area (TPSA) is 43.8 Å². The number of hydrogen-bond donors (Lipinski definition) is 1. The van der Waals surface area contributed by atoms with Crippen LogP contribution in [0.3, 0.4) is 0 Å². The highest BCUT2D eigenvalue weighted by Crippen LogP contribution is 2.28. The number of alkyl halides is 3. The first-order chi connectivity index (χ1) is 8.90. The largest absolute Gasteiger partial charge is 0.419 e. The highest BCUT2D eigenvalue weighted by Gasteiger charge is 2.32. The van der Waals surface area contributed by atoms with Crippen LogP contribution < -0.4 is 5.73 Å². The third kappa shape index (κ3) is 3.11. The first-order valence-electron chi connectivity index (χ1n) is 5.47. The Labute approximate surface area is 106 Å². The van der Waals surface area contributed by atoms with E-state index in [0.717, 1.165) is 17.1 Å². The monoisotopic (exact) mass is 273 g/mol. The summed E-state index contributed by atoms with van der Waals surface area (Å²) < 4.78 is 51.4. The van der Waals surface area contributed by atoms with Crippen molar-refractivity contribution in [2.45, 2.75) is 19.3 Å². The van der Waals surface area contributed by atoms with Crippen molar-refractivity contribution < 1.29 is 17.6 Å². The maximum atomic E-state index is 13.0. The molecule has 19 heavy (non-hydrogen) atoms. The van der Waals surface area contributed by atoms with E-state index in [9.17, 15) is 17.6 Å². The molecule has 0 saturated heterocycles. The van der Waals surface area contributed by atoms with Crippen molar-refractivity contribution in [3.8, 4) is 0 Å². The molecular formula is C12H11F4N3. The van der Waals surface area contributed by atoms with Crippen LogP contribution in [0.5, 0.6) is 0 Å². The number of nitrogens with zero attached hydrogens (tertiary/aromatic N) is 2. The third-order valence-electron chi connectivity index (χ3n) is 2.68. The molecular weight excluding hydrogens is 262 g/mol. The lowest BCUT2D eigenvalue weighted by Crippen LogP contribution is -2.08. The second kappa shape index (κ2) is 5.00. The summed E-state index contributed by atoms with van der Waals surface area (Å²) in [6.45, 7) is 0.226. The summed E-state index contributed by atoms with van der Waals surface area (Å²) in [6, 6.07) is 4.00. The maximum absolute atomic E-state index is 13.0. The van der Waals surface area contributed by atoms with Gasteiger partial charge in [0.1, 0.15) is 5.82 Å². The number of hydrogen-bond acceptors (Lipinski definition) is 2. The molecule has 1 aromatic heterocycles. The van der Waals surface area contributed by atoms with Crippen molar-refractivity contribution in [1.82, 2.24) is 9.78 Å². The molecule has 0 amide bonds. The molecule has 3 nitrogen and oxygen atoms in total. The van der Waals surface area contributed by atoms with Crippen LogP contribution in [0.2, 0.25) is 0 Å². The van der Waals surface area contributed by atoms with E-state index in [1.54, 1.807) is 0 Å². The van der Waals surface area contributed by atoms with Gasteiger partial charge in [0.05, 0.1) is 18.3 Å². The minimum absolute atomic E-state index is 0.112. The smallest absolute Gasteiger partial charge is 0.326 e. The number of rotatable bonds is 3. The molecule has 0 radical (unpaired) electrons. The first kappa shape index (κ1) is 13.5. The van der Waals surface area contributed by atoms with Crippen LogP contribution in [0.1, 0.15) is 16.7 Å². The number of nitrogens with two attached hydrogens (primary N) is 1. The molecule has 0 spiro atoms. The zero-order valence-electron chi connectivity index (χ0n) is 9.78. The van der Waals surface area contributed by atoms with E-state index >= 15 is 0 Å². The fourth-order valence-electron chi connectivity index (χ4n) is 1.71. The van der Waals surface area contributed by atoms with Gasteiger partial charge in [-0.15, -0.1) is 0 Å². The van der Waals surface area contributed by atoms with Gasteiger partial charge in [0, 0.05) is 12.7 Å². The molecule has 0 unspecified atom stereocenters. The molecule has 0 bridgehead atoms. The molecule has 102 valence electrons. The van der Waals surface area contributed by atoms with Gasteiger partial charge in [-0.05, 0) is 23.3 Å². The van der Waals surface area contributed by atoms with Gasteiger partial charge in [-0.3, -0.25) is 4.68 Å². The zero-order chi connectivity index (χ0) is 14.0. The standard InChI is InChI=1S/C12H11F4N3/c13-11-2-1-8(9(3-11)4-17)6-19-7-10(5-18-19)12(14,15)16/h1-3,5,7H,4,6,17H2. The van der Waals surface area contributed by atoms with E-state index in [-0.39, 0.29) is 13.1 Å². The molecule has 1 heterocycles. The van der Waals surface area contributed by atoms with E-state index in [1.807, 2.05) is 0 Å². The summed E-state index contributed by atoms with van der Waals surface area (Å²) >= 11 is 0. The number of benzene rings is 1. The van der Waals surface area contributed by atoms with Gasteiger partial charge >= 0.3 is 6.18 Å². The Balaban J connectivity index is 2.24. The SMILES string of the molecule is NCc1cc(F)ccc1Cn1cc(C(F)(F)F)cn1. The lowest BCUT2D eigenvalue weighted by atomic mass is 10.1. The number of aromatic nitrogens is 2. The molecule has 1 aromatic carbocycles. The minimum atomic E-state index is -4.42. The van der Waals surface area contributed by atoms with Gasteiger partial charge < -0.3 is 5.73 Å². The third-order valence-corrected chi connectivity index (χ3v) is 2.68. The van der Waals surface area contributed by atoms with Gasteiger partial charge in [-0.2, -0.15) is 18.3 Å². The summed E-state index contributed by atoms with van der Waals surface area (Å²) in [5.41, 5.74) is 5.84. The highest BCUT2D eigenvalue weighted by molar-refractivity contribution is 5.28. The molecule has 0 aliphatic rings. The molecule has 0 aliphatic heterocycles. The zero-order valence-corrected chi connectivity index (χ0v) is 9.78. The molecule has 7 heteroatoms. The average molecular weight is 273 g/mol. The highest BCUT2D eigenvalue weighted by atomic mass is 19.4. The lowest BCUT2D eigenvalue weighted by Gasteiger charge is -2.08. The van der Waals surface area contributed by atoms with Crippen LogP contribution in [0.4, 0.5) is 17.6 Å². The molecule has 0 fully saturated rings. The van der Waals surface area contributed by atoms with Gasteiger partial charge in [-0.25, -0.2) is 4.39 Å². The van der Waals surface area contributed by atoms with Crippen molar-refractivity contribution >= 4 is 0 Å². The van der Waals surface area contributed by atoms with Crippen molar-refractivity contribution in [1.29, 1.82) is 0 Å².